The van der Waals surface area contributed by atoms with Crippen molar-refractivity contribution in [2.45, 2.75) is 6.92 Å². The second-order valence-electron chi connectivity index (χ2n) is 2.76. The molecule has 0 saturated heterocycles. The standard InChI is InChI=1S/C9H11ClN2O/c1-5-3-6(10)4-7(9(11)13)8(5)12-2/h3-4,12H,1-2H3,(H2,11,13). The minimum absolute atomic E-state index is 0.424. The fourth-order valence-electron chi connectivity index (χ4n) is 1.27. The van der Waals surface area contributed by atoms with Crippen LogP contribution < -0.4 is 11.1 Å². The number of nitrogens with one attached hydrogen (secondary N) is 1. The fraction of sp³-hybridized carbons (Fsp3) is 0.222. The molecule has 0 spiro atoms. The number of nitrogens with two attached hydrogens (primary N) is 1. The van der Waals surface area contributed by atoms with E-state index in [-0.39, 0.29) is 0 Å². The van der Waals surface area contributed by atoms with Gasteiger partial charge < -0.3 is 11.1 Å². The van der Waals surface area contributed by atoms with Crippen molar-refractivity contribution in [2.75, 3.05) is 12.4 Å². The van der Waals surface area contributed by atoms with Gasteiger partial charge in [-0.15, -0.1) is 0 Å². The molecule has 1 aromatic carbocycles. The Hall–Kier alpha value is -1.22. The van der Waals surface area contributed by atoms with Crippen molar-refractivity contribution >= 4 is 23.2 Å². The van der Waals surface area contributed by atoms with E-state index in [4.69, 9.17) is 17.3 Å². The summed E-state index contributed by atoms with van der Waals surface area (Å²) < 4.78 is 0. The molecule has 13 heavy (non-hydrogen) atoms. The Labute approximate surface area is 81.9 Å². The second-order valence-corrected chi connectivity index (χ2v) is 3.20. The summed E-state index contributed by atoms with van der Waals surface area (Å²) in [6, 6.07) is 3.34. The molecule has 0 aliphatic heterocycles. The molecule has 3 N–H and O–H groups in total. The largest absolute Gasteiger partial charge is 0.387 e. The third-order valence-corrected chi connectivity index (χ3v) is 2.03. The summed E-state index contributed by atoms with van der Waals surface area (Å²) in [5, 5.41) is 3.43. The summed E-state index contributed by atoms with van der Waals surface area (Å²) in [5.74, 6) is -0.477. The molecule has 0 aliphatic carbocycles. The molecular weight excluding hydrogens is 188 g/mol. The lowest BCUT2D eigenvalue weighted by Crippen LogP contribution is -2.14. The lowest BCUT2D eigenvalue weighted by atomic mass is 10.1. The molecule has 0 bridgehead atoms. The maximum absolute atomic E-state index is 11.0. The van der Waals surface area contributed by atoms with E-state index in [1.807, 2.05) is 6.92 Å². The van der Waals surface area contributed by atoms with Crippen molar-refractivity contribution in [1.82, 2.24) is 0 Å². The van der Waals surface area contributed by atoms with Gasteiger partial charge in [-0.2, -0.15) is 0 Å². The zero-order valence-corrected chi connectivity index (χ0v) is 8.27. The van der Waals surface area contributed by atoms with E-state index >= 15 is 0 Å². The predicted molar refractivity (Wildman–Crippen MR) is 54.3 cm³/mol. The number of benzene rings is 1. The smallest absolute Gasteiger partial charge is 0.250 e. The van der Waals surface area contributed by atoms with Crippen molar-refractivity contribution in [2.24, 2.45) is 5.73 Å². The number of halogens is 1. The zero-order chi connectivity index (χ0) is 10.0. The van der Waals surface area contributed by atoms with E-state index in [1.165, 1.54) is 0 Å². The molecule has 1 amide bonds. The molecule has 0 fully saturated rings. The number of primary amides is 1. The molecule has 1 aromatic rings. The van der Waals surface area contributed by atoms with Gasteiger partial charge in [0.1, 0.15) is 0 Å². The molecule has 0 aliphatic rings. The summed E-state index contributed by atoms with van der Waals surface area (Å²) in [5.41, 5.74) is 7.25. The Balaban J connectivity index is 3.38. The lowest BCUT2D eigenvalue weighted by molar-refractivity contribution is 0.100. The van der Waals surface area contributed by atoms with E-state index < -0.39 is 5.91 Å². The summed E-state index contributed by atoms with van der Waals surface area (Å²) in [6.07, 6.45) is 0. The summed E-state index contributed by atoms with van der Waals surface area (Å²) in [6.45, 7) is 1.87. The first-order valence-electron chi connectivity index (χ1n) is 3.84. The van der Waals surface area contributed by atoms with Crippen LogP contribution in [0.3, 0.4) is 0 Å². The topological polar surface area (TPSA) is 55.1 Å². The Kier molecular flexibility index (Phi) is 2.78. The average molecular weight is 199 g/mol. The third-order valence-electron chi connectivity index (χ3n) is 1.82. The van der Waals surface area contributed by atoms with Gasteiger partial charge in [0, 0.05) is 17.8 Å². The number of amides is 1. The van der Waals surface area contributed by atoms with Gasteiger partial charge in [0.2, 0.25) is 0 Å². The fourth-order valence-corrected chi connectivity index (χ4v) is 1.54. The van der Waals surface area contributed by atoms with E-state index in [0.29, 0.717) is 10.6 Å². The normalized spacial score (nSPS) is 9.77. The molecule has 0 saturated carbocycles. The van der Waals surface area contributed by atoms with E-state index in [0.717, 1.165) is 11.3 Å². The van der Waals surface area contributed by atoms with Crippen LogP contribution in [-0.4, -0.2) is 13.0 Å². The van der Waals surface area contributed by atoms with Gasteiger partial charge in [-0.25, -0.2) is 0 Å². The number of hydrogen-bond acceptors (Lipinski definition) is 2. The maximum atomic E-state index is 11.0. The minimum Gasteiger partial charge on any atom is -0.387 e. The Morgan fingerprint density at radius 3 is 2.62 bits per heavy atom. The van der Waals surface area contributed by atoms with Gasteiger partial charge in [-0.1, -0.05) is 11.6 Å². The van der Waals surface area contributed by atoms with Crippen molar-refractivity contribution in [3.05, 3.63) is 28.3 Å². The SMILES string of the molecule is CNc1c(C)cc(Cl)cc1C(N)=O. The van der Waals surface area contributed by atoms with Crippen LogP contribution in [0.2, 0.25) is 5.02 Å². The number of aryl methyl sites for hydroxylation is 1. The number of carbonyl (C=O) groups is 1. The number of rotatable bonds is 2. The zero-order valence-electron chi connectivity index (χ0n) is 7.52. The highest BCUT2D eigenvalue weighted by molar-refractivity contribution is 6.31. The third kappa shape index (κ3) is 1.92. The summed E-state index contributed by atoms with van der Waals surface area (Å²) >= 11 is 5.79. The highest BCUT2D eigenvalue weighted by atomic mass is 35.5. The predicted octanol–water partition coefficient (Wildman–Crippen LogP) is 1.79. The molecule has 0 radical (unpaired) electrons. The van der Waals surface area contributed by atoms with Crippen LogP contribution >= 0.6 is 11.6 Å². The van der Waals surface area contributed by atoms with Crippen molar-refractivity contribution in [1.29, 1.82) is 0 Å². The molecule has 70 valence electrons. The molecule has 0 heterocycles. The number of carbonyl (C=O) groups excluding carboxylic acids is 1. The molecule has 3 nitrogen and oxygen atoms in total. The first kappa shape index (κ1) is 9.86. The first-order valence-corrected chi connectivity index (χ1v) is 4.21. The van der Waals surface area contributed by atoms with Crippen LogP contribution in [0.1, 0.15) is 15.9 Å². The molecule has 0 aromatic heterocycles. The molecule has 1 rings (SSSR count). The van der Waals surface area contributed by atoms with Crippen LogP contribution in [0.4, 0.5) is 5.69 Å². The summed E-state index contributed by atoms with van der Waals surface area (Å²) in [4.78, 5) is 11.0. The van der Waals surface area contributed by atoms with Crippen LogP contribution in [-0.2, 0) is 0 Å². The first-order chi connectivity index (χ1) is 6.06. The molecule has 4 heteroatoms. The van der Waals surface area contributed by atoms with Gasteiger partial charge in [0.15, 0.2) is 0 Å². The lowest BCUT2D eigenvalue weighted by Gasteiger charge is -2.09. The Bertz CT molecular complexity index is 350. The average Bonchev–Trinajstić information content (AvgIpc) is 2.02. The Morgan fingerprint density at radius 1 is 1.54 bits per heavy atom. The monoisotopic (exact) mass is 198 g/mol. The van der Waals surface area contributed by atoms with Gasteiger partial charge in [0.25, 0.3) is 5.91 Å². The highest BCUT2D eigenvalue weighted by Crippen LogP contribution is 2.24. The minimum atomic E-state index is -0.477. The van der Waals surface area contributed by atoms with E-state index in [9.17, 15) is 4.79 Å². The molecule has 0 atom stereocenters. The van der Waals surface area contributed by atoms with E-state index in [2.05, 4.69) is 5.32 Å². The number of hydrogen-bond donors (Lipinski definition) is 2. The maximum Gasteiger partial charge on any atom is 0.250 e. The second kappa shape index (κ2) is 3.66. The van der Waals surface area contributed by atoms with Crippen LogP contribution in [0.5, 0.6) is 0 Å². The van der Waals surface area contributed by atoms with Gasteiger partial charge in [-0.05, 0) is 24.6 Å². The van der Waals surface area contributed by atoms with Gasteiger partial charge in [0.05, 0.1) is 5.56 Å². The van der Waals surface area contributed by atoms with Gasteiger partial charge in [-0.3, -0.25) is 4.79 Å². The van der Waals surface area contributed by atoms with Crippen molar-refractivity contribution < 1.29 is 4.79 Å². The quantitative estimate of drug-likeness (QED) is 0.761. The number of anilines is 1. The van der Waals surface area contributed by atoms with Crippen molar-refractivity contribution in [3.8, 4) is 0 Å². The summed E-state index contributed by atoms with van der Waals surface area (Å²) in [7, 11) is 1.74. The van der Waals surface area contributed by atoms with Crippen LogP contribution in [0, 0.1) is 6.92 Å². The van der Waals surface area contributed by atoms with Crippen LogP contribution in [0.25, 0.3) is 0 Å². The Morgan fingerprint density at radius 2 is 2.15 bits per heavy atom. The van der Waals surface area contributed by atoms with E-state index in [1.54, 1.807) is 19.2 Å². The van der Waals surface area contributed by atoms with Gasteiger partial charge >= 0.3 is 0 Å². The molecule has 0 unspecified atom stereocenters. The van der Waals surface area contributed by atoms with Crippen LogP contribution in [0.15, 0.2) is 12.1 Å². The van der Waals surface area contributed by atoms with Crippen molar-refractivity contribution in [3.63, 3.8) is 0 Å². The highest BCUT2D eigenvalue weighted by Gasteiger charge is 2.10. The molecular formula is C9H11ClN2O.